The number of ether oxygens (including phenoxy) is 1. The first kappa shape index (κ1) is 27.6. The van der Waals surface area contributed by atoms with Crippen molar-refractivity contribution in [2.45, 2.75) is 38.1 Å². The molecule has 0 aliphatic rings. The SMILES string of the molecule is CC[C@@H](C(=O)NCCOc1ccc(S(=O)(=O)N(C)C)cc1)N(c1cc(C)cc(C)c1)S(C)(=O)=O. The minimum atomic E-state index is -3.72. The molecule has 0 unspecified atom stereocenters. The average Bonchev–Trinajstić information content (AvgIpc) is 2.73. The van der Waals surface area contributed by atoms with Gasteiger partial charge in [0.15, 0.2) is 0 Å². The molecule has 9 nitrogen and oxygen atoms in total. The van der Waals surface area contributed by atoms with Crippen LogP contribution in [0.15, 0.2) is 47.4 Å². The van der Waals surface area contributed by atoms with Crippen LogP contribution >= 0.6 is 0 Å². The fourth-order valence-corrected chi connectivity index (χ4v) is 5.61. The zero-order chi connectivity index (χ0) is 25.7. The van der Waals surface area contributed by atoms with Gasteiger partial charge in [-0.15, -0.1) is 0 Å². The Kier molecular flexibility index (Phi) is 9.09. The predicted molar refractivity (Wildman–Crippen MR) is 133 cm³/mol. The van der Waals surface area contributed by atoms with Crippen LogP contribution in [-0.4, -0.2) is 66.6 Å². The summed E-state index contributed by atoms with van der Waals surface area (Å²) in [5.74, 6) is 0.0232. The third kappa shape index (κ3) is 6.94. The molecule has 188 valence electrons. The Labute approximate surface area is 202 Å². The third-order valence-electron chi connectivity index (χ3n) is 5.06. The van der Waals surface area contributed by atoms with E-state index in [1.807, 2.05) is 19.9 Å². The molecule has 0 aliphatic carbocycles. The highest BCUT2D eigenvalue weighted by atomic mass is 32.2. The molecule has 2 aromatic carbocycles. The zero-order valence-electron chi connectivity index (χ0n) is 20.4. The summed E-state index contributed by atoms with van der Waals surface area (Å²) in [5.41, 5.74) is 2.25. The van der Waals surface area contributed by atoms with Crippen molar-refractivity contribution in [1.82, 2.24) is 9.62 Å². The summed E-state index contributed by atoms with van der Waals surface area (Å²) in [5, 5.41) is 2.73. The van der Waals surface area contributed by atoms with Crippen LogP contribution in [-0.2, 0) is 24.8 Å². The number of amides is 1. The van der Waals surface area contributed by atoms with E-state index in [-0.39, 0.29) is 24.5 Å². The quantitative estimate of drug-likeness (QED) is 0.463. The van der Waals surface area contributed by atoms with Crippen LogP contribution in [0.25, 0.3) is 0 Å². The predicted octanol–water partition coefficient (Wildman–Crippen LogP) is 2.29. The molecule has 2 aromatic rings. The van der Waals surface area contributed by atoms with E-state index in [1.165, 1.54) is 26.2 Å². The third-order valence-corrected chi connectivity index (χ3v) is 8.07. The summed E-state index contributed by atoms with van der Waals surface area (Å²) in [6, 6.07) is 10.5. The van der Waals surface area contributed by atoms with Crippen LogP contribution in [0, 0.1) is 13.8 Å². The van der Waals surface area contributed by atoms with Gasteiger partial charge in [0.2, 0.25) is 26.0 Å². The molecule has 0 aromatic heterocycles. The summed E-state index contributed by atoms with van der Waals surface area (Å²) in [4.78, 5) is 13.0. The van der Waals surface area contributed by atoms with Gasteiger partial charge in [0, 0.05) is 14.1 Å². The number of nitrogens with zero attached hydrogens (tertiary/aromatic N) is 2. The van der Waals surface area contributed by atoms with Gasteiger partial charge in [-0.25, -0.2) is 21.1 Å². The molecule has 0 fully saturated rings. The van der Waals surface area contributed by atoms with E-state index in [2.05, 4.69) is 5.32 Å². The fourth-order valence-electron chi connectivity index (χ4n) is 3.52. The second kappa shape index (κ2) is 11.2. The van der Waals surface area contributed by atoms with Gasteiger partial charge in [0.05, 0.1) is 23.4 Å². The monoisotopic (exact) mass is 511 g/mol. The summed E-state index contributed by atoms with van der Waals surface area (Å²) in [7, 11) is -4.33. The van der Waals surface area contributed by atoms with Gasteiger partial charge in [0.1, 0.15) is 18.4 Å². The molecule has 1 atom stereocenters. The summed E-state index contributed by atoms with van der Waals surface area (Å²) < 4.78 is 57.3. The van der Waals surface area contributed by atoms with Gasteiger partial charge in [-0.1, -0.05) is 13.0 Å². The lowest BCUT2D eigenvalue weighted by Gasteiger charge is -2.30. The second-order valence-electron chi connectivity index (χ2n) is 8.23. The van der Waals surface area contributed by atoms with Gasteiger partial charge in [-0.05, 0) is 67.8 Å². The van der Waals surface area contributed by atoms with Crippen molar-refractivity contribution in [2.75, 3.05) is 37.8 Å². The van der Waals surface area contributed by atoms with Crippen molar-refractivity contribution >= 4 is 31.6 Å². The van der Waals surface area contributed by atoms with Gasteiger partial charge in [-0.3, -0.25) is 9.10 Å². The van der Waals surface area contributed by atoms with E-state index >= 15 is 0 Å². The van der Waals surface area contributed by atoms with Gasteiger partial charge < -0.3 is 10.1 Å². The number of hydrogen-bond acceptors (Lipinski definition) is 6. The molecular weight excluding hydrogens is 478 g/mol. The van der Waals surface area contributed by atoms with Gasteiger partial charge >= 0.3 is 0 Å². The molecule has 1 N–H and O–H groups in total. The van der Waals surface area contributed by atoms with E-state index < -0.39 is 32.0 Å². The minimum absolute atomic E-state index is 0.129. The molecule has 11 heteroatoms. The van der Waals surface area contributed by atoms with E-state index in [4.69, 9.17) is 4.74 Å². The molecule has 0 bridgehead atoms. The Morgan fingerprint density at radius 3 is 2.03 bits per heavy atom. The molecule has 0 radical (unpaired) electrons. The lowest BCUT2D eigenvalue weighted by atomic mass is 10.1. The number of carbonyl (C=O) groups excluding carboxylic acids is 1. The van der Waals surface area contributed by atoms with Gasteiger partial charge in [0.25, 0.3) is 0 Å². The maximum atomic E-state index is 12.9. The first-order chi connectivity index (χ1) is 15.8. The number of nitrogens with one attached hydrogen (secondary N) is 1. The molecular formula is C23H33N3O6S2. The van der Waals surface area contributed by atoms with Crippen molar-refractivity contribution in [3.05, 3.63) is 53.6 Å². The van der Waals surface area contributed by atoms with Crippen molar-refractivity contribution in [3.63, 3.8) is 0 Å². The molecule has 34 heavy (non-hydrogen) atoms. The van der Waals surface area contributed by atoms with Crippen molar-refractivity contribution in [2.24, 2.45) is 0 Å². The Hall–Kier alpha value is -2.63. The van der Waals surface area contributed by atoms with Crippen LogP contribution in [0.4, 0.5) is 5.69 Å². The number of hydrogen-bond donors (Lipinski definition) is 1. The van der Waals surface area contributed by atoms with E-state index in [1.54, 1.807) is 31.2 Å². The normalized spacial score (nSPS) is 12.9. The van der Waals surface area contributed by atoms with Crippen molar-refractivity contribution in [1.29, 1.82) is 0 Å². The smallest absolute Gasteiger partial charge is 0.244 e. The molecule has 0 saturated heterocycles. The minimum Gasteiger partial charge on any atom is -0.492 e. The first-order valence-electron chi connectivity index (χ1n) is 10.8. The topological polar surface area (TPSA) is 113 Å². The maximum absolute atomic E-state index is 12.9. The Morgan fingerprint density at radius 2 is 1.56 bits per heavy atom. The molecule has 0 heterocycles. The van der Waals surface area contributed by atoms with Crippen LogP contribution in [0.3, 0.4) is 0 Å². The Morgan fingerprint density at radius 1 is 1.00 bits per heavy atom. The molecule has 0 aliphatic heterocycles. The summed E-state index contributed by atoms with van der Waals surface area (Å²) in [6.45, 7) is 5.78. The van der Waals surface area contributed by atoms with E-state index in [9.17, 15) is 21.6 Å². The summed E-state index contributed by atoms with van der Waals surface area (Å²) >= 11 is 0. The van der Waals surface area contributed by atoms with E-state index in [0.717, 1.165) is 26.0 Å². The lowest BCUT2D eigenvalue weighted by molar-refractivity contribution is -0.122. The zero-order valence-corrected chi connectivity index (χ0v) is 22.0. The lowest BCUT2D eigenvalue weighted by Crippen LogP contribution is -2.50. The van der Waals surface area contributed by atoms with Crippen LogP contribution in [0.2, 0.25) is 0 Å². The number of carbonyl (C=O) groups is 1. The highest BCUT2D eigenvalue weighted by Gasteiger charge is 2.31. The number of sulfonamides is 2. The van der Waals surface area contributed by atoms with Crippen LogP contribution in [0.1, 0.15) is 24.5 Å². The van der Waals surface area contributed by atoms with Crippen molar-refractivity contribution < 1.29 is 26.4 Å². The standard InChI is InChI=1S/C23H33N3O6S2/c1-7-22(26(33(6,28)29)19-15-17(2)14-18(3)16-19)23(27)24-12-13-32-20-8-10-21(11-9-20)34(30,31)25(4)5/h8-11,14-16,22H,7,12-13H2,1-6H3,(H,24,27)/t22-/m0/s1. The molecule has 0 spiro atoms. The molecule has 1 amide bonds. The molecule has 0 saturated carbocycles. The second-order valence-corrected chi connectivity index (χ2v) is 12.2. The number of benzene rings is 2. The molecule has 2 rings (SSSR count). The van der Waals surface area contributed by atoms with Crippen LogP contribution in [0.5, 0.6) is 5.75 Å². The van der Waals surface area contributed by atoms with Crippen molar-refractivity contribution in [3.8, 4) is 5.75 Å². The largest absolute Gasteiger partial charge is 0.492 e. The number of anilines is 1. The Bertz CT molecular complexity index is 1190. The van der Waals surface area contributed by atoms with Crippen LogP contribution < -0.4 is 14.4 Å². The maximum Gasteiger partial charge on any atom is 0.244 e. The van der Waals surface area contributed by atoms with E-state index in [0.29, 0.717) is 11.4 Å². The number of aryl methyl sites for hydroxylation is 2. The summed E-state index contributed by atoms with van der Waals surface area (Å²) in [6.07, 6.45) is 1.37. The average molecular weight is 512 g/mol. The highest BCUT2D eigenvalue weighted by molar-refractivity contribution is 7.92. The highest BCUT2D eigenvalue weighted by Crippen LogP contribution is 2.25. The Balaban J connectivity index is 2.04. The first-order valence-corrected chi connectivity index (χ1v) is 14.1. The fraction of sp³-hybridized carbons (Fsp3) is 0.435. The van der Waals surface area contributed by atoms with Gasteiger partial charge in [-0.2, -0.15) is 0 Å². The number of rotatable bonds is 11.